The maximum absolute atomic E-state index is 5.65. The fourth-order valence-electron chi connectivity index (χ4n) is 2.62. The zero-order valence-electron chi connectivity index (χ0n) is 13.3. The largest absolute Gasteiger partial charge is 0.367 e. The van der Waals surface area contributed by atoms with Crippen molar-refractivity contribution in [2.45, 2.75) is 77.4 Å². The number of ether oxygens (including phenoxy) is 1. The van der Waals surface area contributed by atoms with Crippen molar-refractivity contribution in [1.29, 1.82) is 0 Å². The molecular formula is C18H28O. The lowest BCUT2D eigenvalue weighted by Gasteiger charge is -2.20. The van der Waals surface area contributed by atoms with Crippen molar-refractivity contribution in [3.8, 4) is 0 Å². The molecule has 1 saturated heterocycles. The summed E-state index contributed by atoms with van der Waals surface area (Å²) in [5.41, 5.74) is 3.24. The fraction of sp³-hybridized carbons (Fsp3) is 0.667. The Hall–Kier alpha value is -0.820. The van der Waals surface area contributed by atoms with E-state index in [4.69, 9.17) is 4.74 Å². The molecule has 0 spiro atoms. The van der Waals surface area contributed by atoms with Crippen LogP contribution in [0.3, 0.4) is 0 Å². The molecule has 2 unspecified atom stereocenters. The number of epoxide rings is 1. The zero-order chi connectivity index (χ0) is 14.3. The van der Waals surface area contributed by atoms with E-state index < -0.39 is 0 Å². The van der Waals surface area contributed by atoms with Crippen LogP contribution in [0.5, 0.6) is 0 Å². The van der Waals surface area contributed by atoms with Gasteiger partial charge in [0, 0.05) is 0 Å². The van der Waals surface area contributed by atoms with Crippen LogP contribution in [0.1, 0.15) is 71.4 Å². The van der Waals surface area contributed by atoms with Crippen molar-refractivity contribution in [3.05, 3.63) is 35.4 Å². The van der Waals surface area contributed by atoms with E-state index in [9.17, 15) is 0 Å². The van der Waals surface area contributed by atoms with Crippen LogP contribution in [0.2, 0.25) is 0 Å². The van der Waals surface area contributed by atoms with Crippen LogP contribution in [0.4, 0.5) is 0 Å². The van der Waals surface area contributed by atoms with Gasteiger partial charge in [0.15, 0.2) is 0 Å². The molecule has 1 aliphatic rings. The first-order chi connectivity index (χ1) is 8.70. The molecule has 0 aromatic heterocycles. The molecule has 1 aromatic carbocycles. The molecule has 0 bridgehead atoms. The third-order valence-electron chi connectivity index (χ3n) is 4.37. The predicted molar refractivity (Wildman–Crippen MR) is 81.7 cm³/mol. The average Bonchev–Trinajstić information content (AvgIpc) is 2.93. The second-order valence-electron chi connectivity index (χ2n) is 7.56. The quantitative estimate of drug-likeness (QED) is 0.690. The third-order valence-corrected chi connectivity index (χ3v) is 4.37. The van der Waals surface area contributed by atoms with Gasteiger partial charge in [0.05, 0.1) is 11.7 Å². The van der Waals surface area contributed by atoms with Crippen molar-refractivity contribution in [3.63, 3.8) is 0 Å². The standard InChI is InChI=1S/C18H28O/c1-13(7-12-16-18(5,6)19-16)14-8-10-15(11-9-14)17(2,3)4/h8-11,13,16H,7,12H2,1-6H3. The van der Waals surface area contributed by atoms with E-state index >= 15 is 0 Å². The van der Waals surface area contributed by atoms with E-state index in [1.165, 1.54) is 24.0 Å². The van der Waals surface area contributed by atoms with Crippen molar-refractivity contribution in [1.82, 2.24) is 0 Å². The molecule has 2 rings (SSSR count). The van der Waals surface area contributed by atoms with Crippen LogP contribution in [0.25, 0.3) is 0 Å². The van der Waals surface area contributed by atoms with Gasteiger partial charge in [0.2, 0.25) is 0 Å². The summed E-state index contributed by atoms with van der Waals surface area (Å²) in [6, 6.07) is 9.15. The topological polar surface area (TPSA) is 12.5 Å². The summed E-state index contributed by atoms with van der Waals surface area (Å²) in [5, 5.41) is 0. The SMILES string of the molecule is CC(CCC1OC1(C)C)c1ccc(C(C)(C)C)cc1. The van der Waals surface area contributed by atoms with Gasteiger partial charge in [0.25, 0.3) is 0 Å². The van der Waals surface area contributed by atoms with Gasteiger partial charge in [-0.05, 0) is 49.1 Å². The molecule has 0 aliphatic carbocycles. The summed E-state index contributed by atoms with van der Waals surface area (Å²) in [6.07, 6.45) is 2.86. The van der Waals surface area contributed by atoms with Gasteiger partial charge < -0.3 is 4.74 Å². The second-order valence-corrected chi connectivity index (χ2v) is 7.56. The zero-order valence-corrected chi connectivity index (χ0v) is 13.3. The minimum Gasteiger partial charge on any atom is -0.367 e. The van der Waals surface area contributed by atoms with Crippen molar-refractivity contribution >= 4 is 0 Å². The molecule has 1 aliphatic heterocycles. The smallest absolute Gasteiger partial charge is 0.0892 e. The van der Waals surface area contributed by atoms with Crippen LogP contribution >= 0.6 is 0 Å². The number of hydrogen-bond acceptors (Lipinski definition) is 1. The highest BCUT2D eigenvalue weighted by atomic mass is 16.6. The Morgan fingerprint density at radius 2 is 1.68 bits per heavy atom. The fourth-order valence-corrected chi connectivity index (χ4v) is 2.62. The first-order valence-electron chi connectivity index (χ1n) is 7.48. The predicted octanol–water partition coefficient (Wildman–Crippen LogP) is 5.05. The highest BCUT2D eigenvalue weighted by Gasteiger charge is 2.46. The minimum atomic E-state index is 0.135. The maximum Gasteiger partial charge on any atom is 0.0892 e. The van der Waals surface area contributed by atoms with E-state index in [2.05, 4.69) is 65.8 Å². The first kappa shape index (κ1) is 14.6. The first-order valence-corrected chi connectivity index (χ1v) is 7.48. The van der Waals surface area contributed by atoms with Gasteiger partial charge in [-0.25, -0.2) is 0 Å². The molecular weight excluding hydrogens is 232 g/mol. The molecule has 0 saturated carbocycles. The number of hydrogen-bond donors (Lipinski definition) is 0. The van der Waals surface area contributed by atoms with Crippen LogP contribution in [0.15, 0.2) is 24.3 Å². The van der Waals surface area contributed by atoms with Crippen molar-refractivity contribution < 1.29 is 4.74 Å². The van der Waals surface area contributed by atoms with E-state index in [0.29, 0.717) is 12.0 Å². The number of rotatable bonds is 4. The summed E-state index contributed by atoms with van der Waals surface area (Å²) >= 11 is 0. The Morgan fingerprint density at radius 1 is 1.16 bits per heavy atom. The molecule has 106 valence electrons. The van der Waals surface area contributed by atoms with Crippen LogP contribution in [0, 0.1) is 0 Å². The lowest BCUT2D eigenvalue weighted by atomic mass is 9.85. The molecule has 2 atom stereocenters. The van der Waals surface area contributed by atoms with Crippen LogP contribution < -0.4 is 0 Å². The van der Waals surface area contributed by atoms with Gasteiger partial charge in [-0.3, -0.25) is 0 Å². The average molecular weight is 260 g/mol. The molecule has 1 heteroatoms. The Morgan fingerprint density at radius 3 is 2.11 bits per heavy atom. The van der Waals surface area contributed by atoms with Crippen molar-refractivity contribution in [2.24, 2.45) is 0 Å². The second kappa shape index (κ2) is 4.94. The molecule has 19 heavy (non-hydrogen) atoms. The molecule has 1 heterocycles. The molecule has 0 amide bonds. The normalized spacial score (nSPS) is 23.2. The summed E-state index contributed by atoms with van der Waals surface area (Å²) in [6.45, 7) is 13.5. The highest BCUT2D eigenvalue weighted by Crippen LogP contribution is 2.40. The van der Waals surface area contributed by atoms with Gasteiger partial charge in [0.1, 0.15) is 0 Å². The summed E-state index contributed by atoms with van der Waals surface area (Å²) in [4.78, 5) is 0. The van der Waals surface area contributed by atoms with Crippen LogP contribution in [-0.2, 0) is 10.2 Å². The molecule has 0 radical (unpaired) electrons. The van der Waals surface area contributed by atoms with Gasteiger partial charge in [-0.15, -0.1) is 0 Å². The third kappa shape index (κ3) is 3.60. The monoisotopic (exact) mass is 260 g/mol. The van der Waals surface area contributed by atoms with Gasteiger partial charge in [-0.1, -0.05) is 52.0 Å². The lowest BCUT2D eigenvalue weighted by Crippen LogP contribution is -2.11. The van der Waals surface area contributed by atoms with Gasteiger partial charge >= 0.3 is 0 Å². The summed E-state index contributed by atoms with van der Waals surface area (Å²) < 4.78 is 5.65. The Bertz CT molecular complexity index is 422. The summed E-state index contributed by atoms with van der Waals surface area (Å²) in [7, 11) is 0. The Labute approximate surface area is 118 Å². The highest BCUT2D eigenvalue weighted by molar-refractivity contribution is 5.29. The van der Waals surface area contributed by atoms with Crippen molar-refractivity contribution in [2.75, 3.05) is 0 Å². The van der Waals surface area contributed by atoms with E-state index in [0.717, 1.165) is 0 Å². The minimum absolute atomic E-state index is 0.135. The summed E-state index contributed by atoms with van der Waals surface area (Å²) in [5.74, 6) is 0.619. The van der Waals surface area contributed by atoms with E-state index in [1.54, 1.807) is 0 Å². The molecule has 1 aromatic rings. The molecule has 1 fully saturated rings. The Kier molecular flexibility index (Phi) is 3.79. The Balaban J connectivity index is 1.91. The van der Waals surface area contributed by atoms with E-state index in [-0.39, 0.29) is 11.0 Å². The molecule has 1 nitrogen and oxygen atoms in total. The maximum atomic E-state index is 5.65. The molecule has 0 N–H and O–H groups in total. The number of benzene rings is 1. The lowest BCUT2D eigenvalue weighted by molar-refractivity contribution is 0.317. The van der Waals surface area contributed by atoms with Crippen LogP contribution in [-0.4, -0.2) is 11.7 Å². The van der Waals surface area contributed by atoms with Gasteiger partial charge in [-0.2, -0.15) is 0 Å². The van der Waals surface area contributed by atoms with E-state index in [1.807, 2.05) is 0 Å².